The minimum atomic E-state index is 0. The van der Waals surface area contributed by atoms with Crippen LogP contribution in [0.5, 0.6) is 0 Å². The first kappa shape index (κ1) is 15.6. The Labute approximate surface area is 125 Å². The molecule has 0 radical (unpaired) electrons. The maximum atomic E-state index is 5.89. The summed E-state index contributed by atoms with van der Waals surface area (Å²) in [5.74, 6) is 0.969. The van der Waals surface area contributed by atoms with Crippen LogP contribution >= 0.6 is 12.4 Å². The van der Waals surface area contributed by atoms with Crippen LogP contribution in [0.25, 0.3) is 0 Å². The SMILES string of the molecule is COC1CCN(Cc2nnnn2C2CC2)C(CN)C1.Cl. The normalized spacial score (nSPS) is 27.3. The zero-order chi connectivity index (χ0) is 13.2. The number of hydrogen-bond donors (Lipinski definition) is 1. The van der Waals surface area contributed by atoms with E-state index < -0.39 is 0 Å². The molecule has 7 nitrogen and oxygen atoms in total. The van der Waals surface area contributed by atoms with Gasteiger partial charge in [-0.3, -0.25) is 4.90 Å². The summed E-state index contributed by atoms with van der Waals surface area (Å²) in [6.07, 6.45) is 4.79. The lowest BCUT2D eigenvalue weighted by Crippen LogP contribution is -2.48. The van der Waals surface area contributed by atoms with Gasteiger partial charge in [-0.25, -0.2) is 4.68 Å². The van der Waals surface area contributed by atoms with Crippen molar-refractivity contribution < 1.29 is 4.74 Å². The van der Waals surface area contributed by atoms with Crippen LogP contribution < -0.4 is 5.73 Å². The second-order valence-electron chi connectivity index (χ2n) is 5.51. The highest BCUT2D eigenvalue weighted by molar-refractivity contribution is 5.85. The molecular weight excluding hydrogens is 280 g/mol. The Morgan fingerprint density at radius 2 is 2.15 bits per heavy atom. The maximum Gasteiger partial charge on any atom is 0.165 e. The fourth-order valence-electron chi connectivity index (χ4n) is 2.83. The van der Waals surface area contributed by atoms with Gasteiger partial charge < -0.3 is 10.5 Å². The fourth-order valence-corrected chi connectivity index (χ4v) is 2.83. The molecule has 2 atom stereocenters. The minimum absolute atomic E-state index is 0. The molecule has 0 aromatic carbocycles. The standard InChI is InChI=1S/C12H22N6O.ClH/c1-19-11-4-5-17(10(6-11)7-13)8-12-14-15-16-18(12)9-2-3-9;/h9-11H,2-8,13H2,1H3;1H. The lowest BCUT2D eigenvalue weighted by molar-refractivity contribution is 0.00881. The van der Waals surface area contributed by atoms with Crippen LogP contribution in [0.3, 0.4) is 0 Å². The van der Waals surface area contributed by atoms with Crippen molar-refractivity contribution >= 4 is 12.4 Å². The number of tetrazole rings is 1. The van der Waals surface area contributed by atoms with E-state index in [2.05, 4.69) is 20.4 Å². The Morgan fingerprint density at radius 3 is 2.80 bits per heavy atom. The highest BCUT2D eigenvalue weighted by Gasteiger charge is 2.31. The predicted molar refractivity (Wildman–Crippen MR) is 76.6 cm³/mol. The van der Waals surface area contributed by atoms with Crippen LogP contribution in [0.2, 0.25) is 0 Å². The molecule has 1 aromatic heterocycles. The molecule has 0 spiro atoms. The van der Waals surface area contributed by atoms with Gasteiger partial charge in [-0.2, -0.15) is 0 Å². The number of halogens is 1. The Morgan fingerprint density at radius 1 is 1.35 bits per heavy atom. The molecule has 1 aliphatic carbocycles. The van der Waals surface area contributed by atoms with E-state index in [1.54, 1.807) is 7.11 Å². The van der Waals surface area contributed by atoms with E-state index in [0.717, 1.165) is 31.8 Å². The van der Waals surface area contributed by atoms with Gasteiger partial charge in [0, 0.05) is 26.2 Å². The number of piperidine rings is 1. The zero-order valence-electron chi connectivity index (χ0n) is 11.8. The van der Waals surface area contributed by atoms with Gasteiger partial charge >= 0.3 is 0 Å². The van der Waals surface area contributed by atoms with Crippen LogP contribution in [-0.2, 0) is 11.3 Å². The van der Waals surface area contributed by atoms with Crippen LogP contribution in [-0.4, -0.2) is 57.5 Å². The second-order valence-corrected chi connectivity index (χ2v) is 5.51. The van der Waals surface area contributed by atoms with Crippen molar-refractivity contribution in [2.45, 2.75) is 50.4 Å². The molecule has 2 heterocycles. The molecule has 20 heavy (non-hydrogen) atoms. The van der Waals surface area contributed by atoms with E-state index >= 15 is 0 Å². The molecule has 1 saturated heterocycles. The average molecular weight is 303 g/mol. The Balaban J connectivity index is 0.00000147. The van der Waals surface area contributed by atoms with Gasteiger partial charge in [0.15, 0.2) is 5.82 Å². The highest BCUT2D eigenvalue weighted by atomic mass is 35.5. The van der Waals surface area contributed by atoms with E-state index in [1.807, 2.05) is 4.68 Å². The number of likely N-dealkylation sites (tertiary alicyclic amines) is 1. The highest BCUT2D eigenvalue weighted by Crippen LogP contribution is 2.34. The van der Waals surface area contributed by atoms with Crippen molar-refractivity contribution in [1.29, 1.82) is 0 Å². The number of nitrogens with zero attached hydrogens (tertiary/aromatic N) is 5. The summed E-state index contributed by atoms with van der Waals surface area (Å²) in [4.78, 5) is 2.39. The van der Waals surface area contributed by atoms with Crippen molar-refractivity contribution in [3.63, 3.8) is 0 Å². The molecule has 1 aromatic rings. The second kappa shape index (κ2) is 6.80. The number of hydrogen-bond acceptors (Lipinski definition) is 6. The quantitative estimate of drug-likeness (QED) is 0.846. The first-order valence-electron chi connectivity index (χ1n) is 7.05. The smallest absolute Gasteiger partial charge is 0.165 e. The van der Waals surface area contributed by atoms with E-state index in [0.29, 0.717) is 24.7 Å². The summed E-state index contributed by atoms with van der Waals surface area (Å²) in [5.41, 5.74) is 5.89. The molecule has 2 aliphatic rings. The molecule has 0 amide bonds. The molecule has 2 N–H and O–H groups in total. The first-order valence-corrected chi connectivity index (χ1v) is 7.05. The summed E-state index contributed by atoms with van der Waals surface area (Å²) in [6, 6.07) is 0.890. The number of methoxy groups -OCH3 is 1. The largest absolute Gasteiger partial charge is 0.381 e. The number of ether oxygens (including phenoxy) is 1. The Bertz CT molecular complexity index is 424. The van der Waals surface area contributed by atoms with Gasteiger partial charge in [0.1, 0.15) is 0 Å². The topological polar surface area (TPSA) is 82.1 Å². The van der Waals surface area contributed by atoms with Gasteiger partial charge in [-0.1, -0.05) is 0 Å². The van der Waals surface area contributed by atoms with Crippen molar-refractivity contribution in [3.05, 3.63) is 5.82 Å². The van der Waals surface area contributed by atoms with E-state index in [-0.39, 0.29) is 12.4 Å². The molecule has 0 bridgehead atoms. The van der Waals surface area contributed by atoms with Crippen molar-refractivity contribution in [3.8, 4) is 0 Å². The number of nitrogens with two attached hydrogens (primary N) is 1. The van der Waals surface area contributed by atoms with Crippen LogP contribution in [0, 0.1) is 0 Å². The summed E-state index contributed by atoms with van der Waals surface area (Å²) in [5, 5.41) is 12.1. The van der Waals surface area contributed by atoms with E-state index in [1.165, 1.54) is 12.8 Å². The van der Waals surface area contributed by atoms with Crippen LogP contribution in [0.15, 0.2) is 0 Å². The zero-order valence-corrected chi connectivity index (χ0v) is 12.6. The molecule has 114 valence electrons. The third kappa shape index (κ3) is 3.28. The van der Waals surface area contributed by atoms with Crippen LogP contribution in [0.1, 0.15) is 37.5 Å². The van der Waals surface area contributed by atoms with Gasteiger partial charge in [0.25, 0.3) is 0 Å². The third-order valence-corrected chi connectivity index (χ3v) is 4.19. The summed E-state index contributed by atoms with van der Waals surface area (Å²) in [6.45, 7) is 2.45. The molecule has 3 rings (SSSR count). The molecule has 2 fully saturated rings. The van der Waals surface area contributed by atoms with Crippen molar-refractivity contribution in [1.82, 2.24) is 25.1 Å². The fraction of sp³-hybridized carbons (Fsp3) is 0.917. The number of aromatic nitrogens is 4. The van der Waals surface area contributed by atoms with Gasteiger partial charge in [0.05, 0.1) is 18.7 Å². The molecule has 8 heteroatoms. The van der Waals surface area contributed by atoms with E-state index in [4.69, 9.17) is 10.5 Å². The molecular formula is C12H23ClN6O. The molecule has 1 saturated carbocycles. The lowest BCUT2D eigenvalue weighted by Gasteiger charge is -2.38. The van der Waals surface area contributed by atoms with Gasteiger partial charge in [0.2, 0.25) is 0 Å². The van der Waals surface area contributed by atoms with Gasteiger partial charge in [-0.15, -0.1) is 17.5 Å². The molecule has 2 unspecified atom stereocenters. The average Bonchev–Trinajstić information content (AvgIpc) is 3.19. The minimum Gasteiger partial charge on any atom is -0.381 e. The van der Waals surface area contributed by atoms with E-state index in [9.17, 15) is 0 Å². The molecule has 1 aliphatic heterocycles. The van der Waals surface area contributed by atoms with Gasteiger partial charge in [-0.05, 0) is 36.1 Å². The summed E-state index contributed by atoms with van der Waals surface area (Å²) in [7, 11) is 1.78. The van der Waals surface area contributed by atoms with Crippen molar-refractivity contribution in [2.75, 3.05) is 20.2 Å². The van der Waals surface area contributed by atoms with Crippen molar-refractivity contribution in [2.24, 2.45) is 5.73 Å². The summed E-state index contributed by atoms with van der Waals surface area (Å²) < 4.78 is 7.43. The summed E-state index contributed by atoms with van der Waals surface area (Å²) >= 11 is 0. The Kier molecular flexibility index (Phi) is 5.31. The monoisotopic (exact) mass is 302 g/mol. The first-order chi connectivity index (χ1) is 9.31. The Hall–Kier alpha value is -0.760. The third-order valence-electron chi connectivity index (χ3n) is 4.19. The maximum absolute atomic E-state index is 5.89. The number of rotatable bonds is 5. The lowest BCUT2D eigenvalue weighted by atomic mass is 9.99. The van der Waals surface area contributed by atoms with Crippen LogP contribution in [0.4, 0.5) is 0 Å². The predicted octanol–water partition coefficient (Wildman–Crippen LogP) is 0.368.